The smallest absolute Gasteiger partial charge is 0.272 e. The molecule has 0 aliphatic heterocycles. The molecular formula is C19H16N2O3. The average Bonchev–Trinajstić information content (AvgIpc) is 2.61. The van der Waals surface area contributed by atoms with E-state index in [9.17, 15) is 9.59 Å². The molecule has 5 nitrogen and oxygen atoms in total. The van der Waals surface area contributed by atoms with Gasteiger partial charge in [0.2, 0.25) is 0 Å². The van der Waals surface area contributed by atoms with Crippen molar-refractivity contribution in [3.8, 4) is 5.75 Å². The highest BCUT2D eigenvalue weighted by molar-refractivity contribution is 5.50. The van der Waals surface area contributed by atoms with Gasteiger partial charge < -0.3 is 14.7 Å². The highest BCUT2D eigenvalue weighted by atomic mass is 16.5. The van der Waals surface area contributed by atoms with Crippen LogP contribution in [0.3, 0.4) is 0 Å². The molecule has 0 radical (unpaired) electrons. The van der Waals surface area contributed by atoms with Gasteiger partial charge in [-0.25, -0.2) is 0 Å². The maximum Gasteiger partial charge on any atom is 0.272 e. The molecule has 0 saturated heterocycles. The Bertz CT molecular complexity index is 1060. The van der Waals surface area contributed by atoms with Crippen molar-refractivity contribution < 1.29 is 4.74 Å². The Balaban J connectivity index is 2.07. The van der Waals surface area contributed by atoms with Crippen LogP contribution in [0.4, 0.5) is 0 Å². The Hall–Kier alpha value is -3.34. The fourth-order valence-corrected chi connectivity index (χ4v) is 2.28. The minimum atomic E-state index is -0.354. The standard InChI is InChI=1S/C19H16N2O3/c1-24-15-9-7-14(8-10-15)12-17-19(23)20-16(18(22)21-17)11-13-5-3-2-4-6-13/h2-12H,1H3,(H,20,23)(H,21,22)/b16-11-,17-12+. The SMILES string of the molecule is COc1ccc(/C=c2/[nH]c(=O)/c(=C/c3ccccc3)[nH]c2=O)cc1. The first-order valence-electron chi connectivity index (χ1n) is 7.41. The zero-order valence-electron chi connectivity index (χ0n) is 13.1. The summed E-state index contributed by atoms with van der Waals surface area (Å²) in [5, 5.41) is 0.424. The van der Waals surface area contributed by atoms with Crippen LogP contribution < -0.4 is 26.6 Å². The van der Waals surface area contributed by atoms with Crippen LogP contribution in [0.2, 0.25) is 0 Å². The maximum absolute atomic E-state index is 12.2. The van der Waals surface area contributed by atoms with E-state index in [-0.39, 0.29) is 21.8 Å². The maximum atomic E-state index is 12.2. The molecule has 0 amide bonds. The molecule has 1 heterocycles. The number of aromatic amines is 2. The van der Waals surface area contributed by atoms with Gasteiger partial charge in [0.15, 0.2) is 0 Å². The number of benzene rings is 2. The lowest BCUT2D eigenvalue weighted by molar-refractivity contribution is 0.415. The Morgan fingerprint density at radius 1 is 0.750 bits per heavy atom. The van der Waals surface area contributed by atoms with Crippen LogP contribution in [0.15, 0.2) is 64.2 Å². The van der Waals surface area contributed by atoms with Crippen molar-refractivity contribution in [3.05, 3.63) is 97.1 Å². The molecule has 0 fully saturated rings. The molecule has 3 rings (SSSR count). The van der Waals surface area contributed by atoms with Crippen molar-refractivity contribution in [2.45, 2.75) is 0 Å². The summed E-state index contributed by atoms with van der Waals surface area (Å²) >= 11 is 0. The number of hydrogen-bond acceptors (Lipinski definition) is 3. The van der Waals surface area contributed by atoms with Crippen molar-refractivity contribution in [1.82, 2.24) is 9.97 Å². The van der Waals surface area contributed by atoms with Crippen LogP contribution in [0.5, 0.6) is 5.75 Å². The molecule has 1 aromatic heterocycles. The summed E-state index contributed by atoms with van der Waals surface area (Å²) < 4.78 is 5.09. The van der Waals surface area contributed by atoms with Crippen LogP contribution in [0.25, 0.3) is 12.2 Å². The first-order chi connectivity index (χ1) is 11.7. The predicted molar refractivity (Wildman–Crippen MR) is 93.5 cm³/mol. The van der Waals surface area contributed by atoms with Crippen LogP contribution >= 0.6 is 0 Å². The van der Waals surface area contributed by atoms with Crippen molar-refractivity contribution >= 4 is 12.2 Å². The van der Waals surface area contributed by atoms with E-state index < -0.39 is 0 Å². The summed E-state index contributed by atoms with van der Waals surface area (Å²) in [6.07, 6.45) is 3.25. The molecule has 5 heteroatoms. The highest BCUT2D eigenvalue weighted by Crippen LogP contribution is 2.11. The second-order valence-corrected chi connectivity index (χ2v) is 5.21. The van der Waals surface area contributed by atoms with E-state index in [4.69, 9.17) is 4.74 Å². The first-order valence-corrected chi connectivity index (χ1v) is 7.41. The summed E-state index contributed by atoms with van der Waals surface area (Å²) in [6, 6.07) is 16.5. The van der Waals surface area contributed by atoms with E-state index in [0.29, 0.717) is 0 Å². The number of H-pyrrole nitrogens is 2. The van der Waals surface area contributed by atoms with Crippen molar-refractivity contribution in [3.63, 3.8) is 0 Å². The molecule has 0 aliphatic rings. The lowest BCUT2D eigenvalue weighted by Crippen LogP contribution is -2.46. The Labute approximate surface area is 137 Å². The molecular weight excluding hydrogens is 304 g/mol. The second kappa shape index (κ2) is 6.83. The fourth-order valence-electron chi connectivity index (χ4n) is 2.28. The van der Waals surface area contributed by atoms with Gasteiger partial charge in [0.25, 0.3) is 11.1 Å². The molecule has 2 aromatic carbocycles. The van der Waals surface area contributed by atoms with Gasteiger partial charge in [-0.15, -0.1) is 0 Å². The van der Waals surface area contributed by atoms with E-state index in [1.807, 2.05) is 30.3 Å². The van der Waals surface area contributed by atoms with Crippen molar-refractivity contribution in [2.24, 2.45) is 0 Å². The predicted octanol–water partition coefficient (Wildman–Crippen LogP) is 0.729. The van der Waals surface area contributed by atoms with Gasteiger partial charge >= 0.3 is 0 Å². The molecule has 0 atom stereocenters. The Morgan fingerprint density at radius 2 is 1.25 bits per heavy atom. The van der Waals surface area contributed by atoms with E-state index in [1.54, 1.807) is 43.5 Å². The molecule has 0 saturated carbocycles. The van der Waals surface area contributed by atoms with Gasteiger partial charge in [-0.1, -0.05) is 42.5 Å². The van der Waals surface area contributed by atoms with Gasteiger partial charge in [-0.3, -0.25) is 9.59 Å². The number of rotatable bonds is 3. The van der Waals surface area contributed by atoms with Crippen molar-refractivity contribution in [2.75, 3.05) is 7.11 Å². The molecule has 3 aromatic rings. The Kier molecular flexibility index (Phi) is 4.43. The molecule has 2 N–H and O–H groups in total. The molecule has 0 spiro atoms. The summed E-state index contributed by atoms with van der Waals surface area (Å²) in [5.74, 6) is 0.724. The van der Waals surface area contributed by atoms with Crippen molar-refractivity contribution in [1.29, 1.82) is 0 Å². The summed E-state index contributed by atoms with van der Waals surface area (Å²) in [7, 11) is 1.59. The zero-order chi connectivity index (χ0) is 16.9. The van der Waals surface area contributed by atoms with E-state index in [0.717, 1.165) is 16.9 Å². The summed E-state index contributed by atoms with van der Waals surface area (Å²) in [4.78, 5) is 29.6. The van der Waals surface area contributed by atoms with Crippen LogP contribution in [-0.4, -0.2) is 17.1 Å². The third-order valence-corrected chi connectivity index (χ3v) is 3.52. The molecule has 0 bridgehead atoms. The van der Waals surface area contributed by atoms with Gasteiger partial charge in [0, 0.05) is 0 Å². The largest absolute Gasteiger partial charge is 0.497 e. The summed E-state index contributed by atoms with van der Waals surface area (Å²) in [6.45, 7) is 0. The van der Waals surface area contributed by atoms with Crippen LogP contribution in [-0.2, 0) is 0 Å². The summed E-state index contributed by atoms with van der Waals surface area (Å²) in [5.41, 5.74) is 0.924. The highest BCUT2D eigenvalue weighted by Gasteiger charge is 1.97. The normalized spacial score (nSPS) is 12.4. The number of aromatic nitrogens is 2. The van der Waals surface area contributed by atoms with Gasteiger partial charge in [-0.05, 0) is 35.4 Å². The minimum Gasteiger partial charge on any atom is -0.497 e. The molecule has 24 heavy (non-hydrogen) atoms. The third kappa shape index (κ3) is 3.52. The fraction of sp³-hybridized carbons (Fsp3) is 0.0526. The first kappa shape index (κ1) is 15.6. The average molecular weight is 320 g/mol. The van der Waals surface area contributed by atoms with E-state index in [1.165, 1.54) is 0 Å². The number of hydrogen-bond donors (Lipinski definition) is 2. The molecule has 120 valence electrons. The molecule has 0 unspecified atom stereocenters. The Morgan fingerprint density at radius 3 is 1.75 bits per heavy atom. The second-order valence-electron chi connectivity index (χ2n) is 5.21. The topological polar surface area (TPSA) is 75.0 Å². The van der Waals surface area contributed by atoms with E-state index in [2.05, 4.69) is 9.97 Å². The molecule has 0 aliphatic carbocycles. The zero-order valence-corrected chi connectivity index (χ0v) is 13.1. The van der Waals surface area contributed by atoms with Crippen LogP contribution in [0, 0.1) is 0 Å². The van der Waals surface area contributed by atoms with Gasteiger partial charge in [0.05, 0.1) is 7.11 Å². The third-order valence-electron chi connectivity index (χ3n) is 3.52. The van der Waals surface area contributed by atoms with Gasteiger partial charge in [-0.2, -0.15) is 0 Å². The lowest BCUT2D eigenvalue weighted by atomic mass is 10.2. The number of ether oxygens (including phenoxy) is 1. The van der Waals surface area contributed by atoms with Crippen LogP contribution in [0.1, 0.15) is 11.1 Å². The monoisotopic (exact) mass is 320 g/mol. The minimum absolute atomic E-state index is 0.204. The number of nitrogens with one attached hydrogen (secondary N) is 2. The number of methoxy groups -OCH3 is 1. The van der Waals surface area contributed by atoms with E-state index >= 15 is 0 Å². The lowest BCUT2D eigenvalue weighted by Gasteiger charge is -1.99. The van der Waals surface area contributed by atoms with Gasteiger partial charge in [0.1, 0.15) is 16.4 Å². The quantitative estimate of drug-likeness (QED) is 0.747.